The summed E-state index contributed by atoms with van der Waals surface area (Å²) in [7, 11) is 0. The standard InChI is InChI=1S/C21H28O/c1-14(22)17-9-10-18-16-8-7-15-6-4-5-12-20(15,2)19(16)11-13-21(17,18)3/h4,6-8,17-19H,5,9-13H2,1-3H3. The number of fused-ring (bicyclic) bond motifs is 5. The lowest BCUT2D eigenvalue weighted by Gasteiger charge is -2.53. The third-order valence-corrected chi connectivity index (χ3v) is 7.61. The average Bonchev–Trinajstić information content (AvgIpc) is 2.84. The van der Waals surface area contributed by atoms with Gasteiger partial charge in [0.2, 0.25) is 0 Å². The molecule has 0 radical (unpaired) electrons. The van der Waals surface area contributed by atoms with Crippen LogP contribution in [0.2, 0.25) is 0 Å². The van der Waals surface area contributed by atoms with Gasteiger partial charge in [-0.2, -0.15) is 0 Å². The van der Waals surface area contributed by atoms with E-state index in [2.05, 4.69) is 38.2 Å². The molecule has 4 rings (SSSR count). The van der Waals surface area contributed by atoms with Gasteiger partial charge in [-0.15, -0.1) is 0 Å². The van der Waals surface area contributed by atoms with E-state index < -0.39 is 0 Å². The highest BCUT2D eigenvalue weighted by atomic mass is 16.1. The third-order valence-electron chi connectivity index (χ3n) is 7.61. The van der Waals surface area contributed by atoms with Crippen LogP contribution in [0.3, 0.4) is 0 Å². The molecule has 2 fully saturated rings. The summed E-state index contributed by atoms with van der Waals surface area (Å²) in [6.07, 6.45) is 16.8. The summed E-state index contributed by atoms with van der Waals surface area (Å²) in [5.74, 6) is 2.06. The first-order valence-corrected chi connectivity index (χ1v) is 9.06. The Bertz CT molecular complexity index is 607. The van der Waals surface area contributed by atoms with Crippen molar-refractivity contribution in [3.8, 4) is 0 Å². The number of rotatable bonds is 1. The van der Waals surface area contributed by atoms with Gasteiger partial charge in [0, 0.05) is 5.92 Å². The second-order valence-corrected chi connectivity index (χ2v) is 8.54. The summed E-state index contributed by atoms with van der Waals surface area (Å²) in [6, 6.07) is 0. The van der Waals surface area contributed by atoms with Crippen molar-refractivity contribution in [2.75, 3.05) is 0 Å². The Kier molecular flexibility index (Phi) is 3.09. The zero-order valence-electron chi connectivity index (χ0n) is 14.2. The Balaban J connectivity index is 1.75. The van der Waals surface area contributed by atoms with Crippen LogP contribution in [0.1, 0.15) is 59.3 Å². The van der Waals surface area contributed by atoms with Crippen LogP contribution < -0.4 is 0 Å². The molecule has 0 spiro atoms. The van der Waals surface area contributed by atoms with Crippen molar-refractivity contribution in [2.45, 2.75) is 59.3 Å². The minimum atomic E-state index is 0.223. The fourth-order valence-electron chi connectivity index (χ4n) is 6.32. The first-order chi connectivity index (χ1) is 10.5. The number of hydrogen-bond acceptors (Lipinski definition) is 1. The lowest BCUT2D eigenvalue weighted by molar-refractivity contribution is -0.124. The molecule has 2 saturated carbocycles. The molecule has 22 heavy (non-hydrogen) atoms. The molecule has 1 nitrogen and oxygen atoms in total. The molecule has 0 saturated heterocycles. The van der Waals surface area contributed by atoms with Gasteiger partial charge in [-0.25, -0.2) is 0 Å². The monoisotopic (exact) mass is 296 g/mol. The van der Waals surface area contributed by atoms with Gasteiger partial charge in [0.15, 0.2) is 0 Å². The highest BCUT2D eigenvalue weighted by Gasteiger charge is 2.56. The van der Waals surface area contributed by atoms with Crippen molar-refractivity contribution < 1.29 is 4.79 Å². The molecule has 0 N–H and O–H groups in total. The number of Topliss-reactive ketones (excluding diaryl/α,β-unsaturated/α-hetero) is 1. The Hall–Kier alpha value is -1.11. The van der Waals surface area contributed by atoms with Gasteiger partial charge >= 0.3 is 0 Å². The van der Waals surface area contributed by atoms with E-state index in [0.29, 0.717) is 29.0 Å². The van der Waals surface area contributed by atoms with Gasteiger partial charge in [-0.3, -0.25) is 4.79 Å². The predicted octanol–water partition coefficient (Wildman–Crippen LogP) is 5.24. The van der Waals surface area contributed by atoms with Gasteiger partial charge in [-0.1, -0.05) is 43.7 Å². The number of allylic oxidation sites excluding steroid dienone is 6. The average molecular weight is 296 g/mol. The largest absolute Gasteiger partial charge is 0.300 e. The number of ketones is 1. The van der Waals surface area contributed by atoms with Crippen molar-refractivity contribution in [1.82, 2.24) is 0 Å². The third kappa shape index (κ3) is 1.74. The first kappa shape index (κ1) is 14.5. The molecule has 1 heteroatoms. The Morgan fingerprint density at radius 3 is 2.68 bits per heavy atom. The molecule has 118 valence electrons. The number of hydrogen-bond donors (Lipinski definition) is 0. The van der Waals surface area contributed by atoms with E-state index in [0.717, 1.165) is 6.42 Å². The SMILES string of the molecule is CC(=O)C1CCC2C3=CC=C4C=CCCC4(C)C3CCC12C. The summed E-state index contributed by atoms with van der Waals surface area (Å²) in [5, 5.41) is 0. The zero-order chi connectivity index (χ0) is 15.5. The number of carbonyl (C=O) groups excluding carboxylic acids is 1. The molecular weight excluding hydrogens is 268 g/mol. The van der Waals surface area contributed by atoms with Gasteiger partial charge in [-0.05, 0) is 73.7 Å². The van der Waals surface area contributed by atoms with Crippen molar-refractivity contribution in [2.24, 2.45) is 28.6 Å². The molecule has 4 aliphatic rings. The van der Waals surface area contributed by atoms with E-state index >= 15 is 0 Å². The van der Waals surface area contributed by atoms with Gasteiger partial charge in [0.1, 0.15) is 5.78 Å². The summed E-state index contributed by atoms with van der Waals surface area (Å²) < 4.78 is 0. The van der Waals surface area contributed by atoms with E-state index in [1.165, 1.54) is 37.7 Å². The highest BCUT2D eigenvalue weighted by molar-refractivity contribution is 5.79. The fraction of sp³-hybridized carbons (Fsp3) is 0.667. The van der Waals surface area contributed by atoms with Crippen LogP contribution in [0.5, 0.6) is 0 Å². The lowest BCUT2D eigenvalue weighted by Crippen LogP contribution is -2.45. The molecule has 0 aromatic carbocycles. The van der Waals surface area contributed by atoms with Crippen molar-refractivity contribution >= 4 is 5.78 Å². The maximum atomic E-state index is 12.1. The quantitative estimate of drug-likeness (QED) is 0.646. The Labute approximate surface area is 134 Å². The van der Waals surface area contributed by atoms with Crippen LogP contribution in [0, 0.1) is 28.6 Å². The lowest BCUT2D eigenvalue weighted by atomic mass is 9.51. The second kappa shape index (κ2) is 4.69. The summed E-state index contributed by atoms with van der Waals surface area (Å²) in [4.78, 5) is 12.1. The maximum absolute atomic E-state index is 12.1. The molecule has 0 aromatic heterocycles. The normalized spacial score (nSPS) is 46.2. The number of carbonyl (C=O) groups is 1. The fourth-order valence-corrected chi connectivity index (χ4v) is 6.32. The van der Waals surface area contributed by atoms with E-state index in [-0.39, 0.29) is 5.41 Å². The van der Waals surface area contributed by atoms with E-state index in [1.807, 2.05) is 6.92 Å². The zero-order valence-corrected chi connectivity index (χ0v) is 14.2. The van der Waals surface area contributed by atoms with Crippen LogP contribution in [0.15, 0.2) is 35.5 Å². The first-order valence-electron chi connectivity index (χ1n) is 9.06. The van der Waals surface area contributed by atoms with Crippen LogP contribution in [-0.2, 0) is 4.79 Å². The van der Waals surface area contributed by atoms with Crippen molar-refractivity contribution in [1.29, 1.82) is 0 Å². The van der Waals surface area contributed by atoms with Crippen molar-refractivity contribution in [3.63, 3.8) is 0 Å². The Morgan fingerprint density at radius 1 is 1.09 bits per heavy atom. The van der Waals surface area contributed by atoms with Crippen LogP contribution in [0.4, 0.5) is 0 Å². The van der Waals surface area contributed by atoms with E-state index in [4.69, 9.17) is 0 Å². The molecule has 0 bridgehead atoms. The Morgan fingerprint density at radius 2 is 1.91 bits per heavy atom. The molecule has 4 aliphatic carbocycles. The molecule has 5 atom stereocenters. The summed E-state index contributed by atoms with van der Waals surface area (Å²) in [6.45, 7) is 6.70. The summed E-state index contributed by atoms with van der Waals surface area (Å²) >= 11 is 0. The predicted molar refractivity (Wildman–Crippen MR) is 90.4 cm³/mol. The molecule has 0 heterocycles. The van der Waals surface area contributed by atoms with Crippen molar-refractivity contribution in [3.05, 3.63) is 35.5 Å². The highest BCUT2D eigenvalue weighted by Crippen LogP contribution is 2.64. The molecule has 0 aliphatic heterocycles. The smallest absolute Gasteiger partial charge is 0.133 e. The van der Waals surface area contributed by atoms with Gasteiger partial charge < -0.3 is 0 Å². The van der Waals surface area contributed by atoms with E-state index in [1.54, 1.807) is 5.57 Å². The molecular formula is C21H28O. The van der Waals surface area contributed by atoms with E-state index in [9.17, 15) is 4.79 Å². The summed E-state index contributed by atoms with van der Waals surface area (Å²) in [5.41, 5.74) is 3.78. The van der Waals surface area contributed by atoms with Crippen LogP contribution >= 0.6 is 0 Å². The minimum Gasteiger partial charge on any atom is -0.300 e. The second-order valence-electron chi connectivity index (χ2n) is 8.54. The molecule has 0 aromatic rings. The topological polar surface area (TPSA) is 17.1 Å². The minimum absolute atomic E-state index is 0.223. The molecule has 5 unspecified atom stereocenters. The van der Waals surface area contributed by atoms with Crippen LogP contribution in [-0.4, -0.2) is 5.78 Å². The molecule has 0 amide bonds. The van der Waals surface area contributed by atoms with Gasteiger partial charge in [0.05, 0.1) is 0 Å². The maximum Gasteiger partial charge on any atom is 0.133 e. The van der Waals surface area contributed by atoms with Gasteiger partial charge in [0.25, 0.3) is 0 Å². The van der Waals surface area contributed by atoms with Crippen LogP contribution in [0.25, 0.3) is 0 Å².